The molecule has 0 radical (unpaired) electrons. The Morgan fingerprint density at radius 2 is 1.67 bits per heavy atom. The molecule has 18 heavy (non-hydrogen) atoms. The first-order valence-electron chi connectivity index (χ1n) is 7.25. The summed E-state index contributed by atoms with van der Waals surface area (Å²) in [5.41, 5.74) is -0.464. The SMILES string of the molecule is CCC1(C)CN(C(C)(C)C)C(=O)C(CC)(CC)N1. The largest absolute Gasteiger partial charge is 0.334 e. The Bertz CT molecular complexity index is 315. The lowest BCUT2D eigenvalue weighted by molar-refractivity contribution is -0.152. The fraction of sp³-hybridized carbons (Fsp3) is 0.933. The normalized spacial score (nSPS) is 28.6. The van der Waals surface area contributed by atoms with Crippen LogP contribution in [0.5, 0.6) is 0 Å². The average molecular weight is 254 g/mol. The van der Waals surface area contributed by atoms with E-state index >= 15 is 0 Å². The lowest BCUT2D eigenvalue weighted by Crippen LogP contribution is -2.74. The predicted molar refractivity (Wildman–Crippen MR) is 76.6 cm³/mol. The van der Waals surface area contributed by atoms with E-state index < -0.39 is 0 Å². The van der Waals surface area contributed by atoms with Crippen LogP contribution in [-0.2, 0) is 4.79 Å². The zero-order valence-corrected chi connectivity index (χ0v) is 13.2. The Kier molecular flexibility index (Phi) is 4.16. The molecule has 1 heterocycles. The van der Waals surface area contributed by atoms with Crippen molar-refractivity contribution in [3.8, 4) is 0 Å². The van der Waals surface area contributed by atoms with Crippen LogP contribution in [0.3, 0.4) is 0 Å². The topological polar surface area (TPSA) is 32.3 Å². The highest BCUT2D eigenvalue weighted by Crippen LogP contribution is 2.33. The van der Waals surface area contributed by atoms with E-state index in [9.17, 15) is 4.79 Å². The van der Waals surface area contributed by atoms with E-state index in [0.29, 0.717) is 0 Å². The zero-order valence-electron chi connectivity index (χ0n) is 13.2. The van der Waals surface area contributed by atoms with Crippen LogP contribution < -0.4 is 5.32 Å². The first-order chi connectivity index (χ1) is 8.14. The van der Waals surface area contributed by atoms with Crippen LogP contribution >= 0.6 is 0 Å². The molecular weight excluding hydrogens is 224 g/mol. The molecule has 0 saturated carbocycles. The molecule has 1 saturated heterocycles. The van der Waals surface area contributed by atoms with Gasteiger partial charge in [-0.05, 0) is 47.0 Å². The third kappa shape index (κ3) is 2.56. The molecule has 0 aromatic carbocycles. The second-order valence-electron chi connectivity index (χ2n) is 6.89. The van der Waals surface area contributed by atoms with Gasteiger partial charge in [0.1, 0.15) is 0 Å². The fourth-order valence-corrected chi connectivity index (χ4v) is 2.82. The summed E-state index contributed by atoms with van der Waals surface area (Å²) in [4.78, 5) is 14.9. The van der Waals surface area contributed by atoms with Crippen molar-refractivity contribution in [2.24, 2.45) is 0 Å². The number of amides is 1. The molecule has 0 aromatic heterocycles. The Hall–Kier alpha value is -0.570. The molecule has 0 aliphatic carbocycles. The maximum Gasteiger partial charge on any atom is 0.243 e. The van der Waals surface area contributed by atoms with Crippen LogP contribution in [0.2, 0.25) is 0 Å². The van der Waals surface area contributed by atoms with Gasteiger partial charge in [0.05, 0.1) is 5.54 Å². The van der Waals surface area contributed by atoms with Gasteiger partial charge in [0.15, 0.2) is 0 Å². The summed E-state index contributed by atoms with van der Waals surface area (Å²) in [7, 11) is 0. The summed E-state index contributed by atoms with van der Waals surface area (Å²) in [6, 6.07) is 0. The number of piperazine rings is 1. The molecule has 1 aliphatic rings. The molecule has 1 N–H and O–H groups in total. The molecule has 1 aliphatic heterocycles. The number of nitrogens with one attached hydrogen (secondary N) is 1. The lowest BCUT2D eigenvalue weighted by atomic mass is 9.80. The highest BCUT2D eigenvalue weighted by Gasteiger charge is 2.50. The number of nitrogens with zero attached hydrogens (tertiary/aromatic N) is 1. The average Bonchev–Trinajstić information content (AvgIpc) is 2.31. The van der Waals surface area contributed by atoms with Gasteiger partial charge < -0.3 is 4.90 Å². The van der Waals surface area contributed by atoms with Gasteiger partial charge in [-0.3, -0.25) is 10.1 Å². The Labute approximate surface area is 112 Å². The quantitative estimate of drug-likeness (QED) is 0.840. The molecule has 1 rings (SSSR count). The van der Waals surface area contributed by atoms with Gasteiger partial charge >= 0.3 is 0 Å². The van der Waals surface area contributed by atoms with Gasteiger partial charge in [-0.1, -0.05) is 20.8 Å². The van der Waals surface area contributed by atoms with Crippen molar-refractivity contribution in [2.45, 2.75) is 84.3 Å². The second kappa shape index (κ2) is 4.84. The fourth-order valence-electron chi connectivity index (χ4n) is 2.82. The summed E-state index contributed by atoms with van der Waals surface area (Å²) < 4.78 is 0. The molecule has 1 unspecified atom stereocenters. The van der Waals surface area contributed by atoms with Crippen LogP contribution in [0.25, 0.3) is 0 Å². The third-order valence-electron chi connectivity index (χ3n) is 4.50. The van der Waals surface area contributed by atoms with Crippen molar-refractivity contribution in [3.05, 3.63) is 0 Å². The summed E-state index contributed by atoms with van der Waals surface area (Å²) in [5.74, 6) is 0.269. The molecule has 3 nitrogen and oxygen atoms in total. The Morgan fingerprint density at radius 1 is 1.17 bits per heavy atom. The second-order valence-corrected chi connectivity index (χ2v) is 6.89. The van der Waals surface area contributed by atoms with Crippen LogP contribution in [0.4, 0.5) is 0 Å². The van der Waals surface area contributed by atoms with Crippen molar-refractivity contribution in [3.63, 3.8) is 0 Å². The highest BCUT2D eigenvalue weighted by atomic mass is 16.2. The first kappa shape index (κ1) is 15.5. The van der Waals surface area contributed by atoms with E-state index in [2.05, 4.69) is 58.7 Å². The molecule has 1 atom stereocenters. The van der Waals surface area contributed by atoms with Gasteiger partial charge in [-0.15, -0.1) is 0 Å². The highest BCUT2D eigenvalue weighted by molar-refractivity contribution is 5.88. The van der Waals surface area contributed by atoms with E-state index in [4.69, 9.17) is 0 Å². The lowest BCUT2D eigenvalue weighted by Gasteiger charge is -2.54. The van der Waals surface area contributed by atoms with E-state index in [-0.39, 0.29) is 22.5 Å². The maximum atomic E-state index is 12.8. The van der Waals surface area contributed by atoms with Crippen LogP contribution in [0.15, 0.2) is 0 Å². The Morgan fingerprint density at radius 3 is 2.00 bits per heavy atom. The minimum atomic E-state index is -0.379. The van der Waals surface area contributed by atoms with Gasteiger partial charge in [0, 0.05) is 17.6 Å². The smallest absolute Gasteiger partial charge is 0.243 e. The van der Waals surface area contributed by atoms with E-state index in [1.807, 2.05) is 0 Å². The summed E-state index contributed by atoms with van der Waals surface area (Å²) in [6.07, 6.45) is 2.74. The molecular formula is C15H30N2O. The monoisotopic (exact) mass is 254 g/mol. The van der Waals surface area contributed by atoms with E-state index in [1.165, 1.54) is 0 Å². The van der Waals surface area contributed by atoms with Crippen LogP contribution in [-0.4, -0.2) is 34.0 Å². The first-order valence-corrected chi connectivity index (χ1v) is 7.25. The number of rotatable bonds is 3. The van der Waals surface area contributed by atoms with Crippen molar-refractivity contribution < 1.29 is 4.79 Å². The number of hydrogen-bond acceptors (Lipinski definition) is 2. The standard InChI is InChI=1S/C15H30N2O/c1-8-14(7)11-17(13(4,5)6)12(18)15(9-2,10-3)16-14/h16H,8-11H2,1-7H3. The minimum Gasteiger partial charge on any atom is -0.334 e. The van der Waals surface area contributed by atoms with E-state index in [1.54, 1.807) is 0 Å². The summed E-state index contributed by atoms with van der Waals surface area (Å²) in [6.45, 7) is 15.8. The van der Waals surface area contributed by atoms with Gasteiger partial charge in [0.2, 0.25) is 5.91 Å². The zero-order chi connectivity index (χ0) is 14.2. The molecule has 0 spiro atoms. The molecule has 0 bridgehead atoms. The maximum absolute atomic E-state index is 12.8. The predicted octanol–water partition coefficient (Wildman–Crippen LogP) is 2.94. The van der Waals surface area contributed by atoms with Crippen molar-refractivity contribution in [1.29, 1.82) is 0 Å². The van der Waals surface area contributed by atoms with Crippen molar-refractivity contribution >= 4 is 5.91 Å². The molecule has 3 heteroatoms. The molecule has 0 aromatic rings. The number of carbonyl (C=O) groups is 1. The van der Waals surface area contributed by atoms with Crippen molar-refractivity contribution in [1.82, 2.24) is 10.2 Å². The van der Waals surface area contributed by atoms with Crippen molar-refractivity contribution in [2.75, 3.05) is 6.54 Å². The summed E-state index contributed by atoms with van der Waals surface area (Å²) in [5, 5.41) is 3.65. The summed E-state index contributed by atoms with van der Waals surface area (Å²) >= 11 is 0. The number of hydrogen-bond donors (Lipinski definition) is 1. The van der Waals surface area contributed by atoms with Gasteiger partial charge in [0.25, 0.3) is 0 Å². The van der Waals surface area contributed by atoms with E-state index in [0.717, 1.165) is 25.8 Å². The van der Waals surface area contributed by atoms with Gasteiger partial charge in [-0.2, -0.15) is 0 Å². The third-order valence-corrected chi connectivity index (χ3v) is 4.50. The van der Waals surface area contributed by atoms with Crippen LogP contribution in [0, 0.1) is 0 Å². The van der Waals surface area contributed by atoms with Crippen LogP contribution in [0.1, 0.15) is 67.7 Å². The molecule has 1 fully saturated rings. The molecule has 1 amide bonds. The minimum absolute atomic E-state index is 0.0210. The molecule has 106 valence electrons. The Balaban J connectivity index is 3.20. The van der Waals surface area contributed by atoms with Gasteiger partial charge in [-0.25, -0.2) is 0 Å². The number of carbonyl (C=O) groups excluding carboxylic acids is 1.